The number of rotatable bonds is 7. The highest BCUT2D eigenvalue weighted by molar-refractivity contribution is 9.10. The van der Waals surface area contributed by atoms with Gasteiger partial charge in [0.2, 0.25) is 5.28 Å². The Labute approximate surface area is 176 Å². The summed E-state index contributed by atoms with van der Waals surface area (Å²) in [6.07, 6.45) is 3.82. The number of aryl methyl sites for hydroxylation is 2. The van der Waals surface area contributed by atoms with Crippen LogP contribution in [0.3, 0.4) is 0 Å². The van der Waals surface area contributed by atoms with Crippen molar-refractivity contribution < 1.29 is 0 Å². The van der Waals surface area contributed by atoms with Crippen molar-refractivity contribution in [2.75, 3.05) is 5.32 Å². The number of anilines is 1. The van der Waals surface area contributed by atoms with E-state index in [0.29, 0.717) is 12.4 Å². The number of nitrogens with one attached hydrogen (secondary N) is 1. The standard InChI is InChI=1S/C21H19BrClN5/c22-17-10-8-16(9-11-17)13-24-19-18-20(27-21(23)26-19)28(14-25-18)12-4-7-15-5-2-1-3-6-15/h1-3,5-6,8-11,14H,4,7,12-13H2,(H,24,26,27). The lowest BCUT2D eigenvalue weighted by Crippen LogP contribution is -2.05. The maximum Gasteiger partial charge on any atom is 0.226 e. The van der Waals surface area contributed by atoms with Gasteiger partial charge in [-0.1, -0.05) is 58.4 Å². The van der Waals surface area contributed by atoms with E-state index in [9.17, 15) is 0 Å². The summed E-state index contributed by atoms with van der Waals surface area (Å²) in [5.74, 6) is 0.653. The molecule has 7 heteroatoms. The van der Waals surface area contributed by atoms with Crippen LogP contribution < -0.4 is 5.32 Å². The van der Waals surface area contributed by atoms with Crippen LogP contribution in [-0.2, 0) is 19.5 Å². The third kappa shape index (κ3) is 4.51. The van der Waals surface area contributed by atoms with E-state index in [-0.39, 0.29) is 5.28 Å². The Hall–Kier alpha value is -2.44. The fourth-order valence-corrected chi connectivity index (χ4v) is 3.52. The number of fused-ring (bicyclic) bond motifs is 1. The third-order valence-electron chi connectivity index (χ3n) is 4.52. The van der Waals surface area contributed by atoms with Crippen molar-refractivity contribution in [3.05, 3.63) is 81.8 Å². The summed E-state index contributed by atoms with van der Waals surface area (Å²) < 4.78 is 3.09. The van der Waals surface area contributed by atoms with Crippen LogP contribution in [0.25, 0.3) is 11.2 Å². The van der Waals surface area contributed by atoms with Gasteiger partial charge in [0.1, 0.15) is 0 Å². The van der Waals surface area contributed by atoms with Crippen LogP contribution in [0.2, 0.25) is 5.28 Å². The molecule has 0 aliphatic heterocycles. The highest BCUT2D eigenvalue weighted by Crippen LogP contribution is 2.22. The lowest BCUT2D eigenvalue weighted by molar-refractivity contribution is 0.652. The average Bonchev–Trinajstić information content (AvgIpc) is 3.11. The fourth-order valence-electron chi connectivity index (χ4n) is 3.09. The van der Waals surface area contributed by atoms with Crippen molar-refractivity contribution in [2.24, 2.45) is 0 Å². The molecule has 142 valence electrons. The van der Waals surface area contributed by atoms with Crippen LogP contribution in [0.5, 0.6) is 0 Å². The molecule has 5 nitrogen and oxygen atoms in total. The largest absolute Gasteiger partial charge is 0.364 e. The number of imidazole rings is 1. The lowest BCUT2D eigenvalue weighted by Gasteiger charge is -2.08. The van der Waals surface area contributed by atoms with Gasteiger partial charge in [-0.3, -0.25) is 0 Å². The minimum Gasteiger partial charge on any atom is -0.364 e. The number of halogens is 2. The molecule has 0 aliphatic carbocycles. The number of nitrogens with zero attached hydrogens (tertiary/aromatic N) is 4. The third-order valence-corrected chi connectivity index (χ3v) is 5.21. The Morgan fingerprint density at radius 2 is 1.75 bits per heavy atom. The molecule has 0 atom stereocenters. The highest BCUT2D eigenvalue weighted by atomic mass is 79.9. The Morgan fingerprint density at radius 1 is 0.964 bits per heavy atom. The van der Waals surface area contributed by atoms with Gasteiger partial charge in [0.25, 0.3) is 0 Å². The second-order valence-corrected chi connectivity index (χ2v) is 7.77. The molecule has 0 amide bonds. The lowest BCUT2D eigenvalue weighted by atomic mass is 10.1. The number of aromatic nitrogens is 4. The summed E-state index contributed by atoms with van der Waals surface area (Å²) >= 11 is 9.63. The van der Waals surface area contributed by atoms with E-state index in [0.717, 1.165) is 40.6 Å². The van der Waals surface area contributed by atoms with Crippen molar-refractivity contribution in [2.45, 2.75) is 25.9 Å². The van der Waals surface area contributed by atoms with E-state index in [4.69, 9.17) is 11.6 Å². The fraction of sp³-hybridized carbons (Fsp3) is 0.190. The molecule has 4 rings (SSSR count). The molecule has 28 heavy (non-hydrogen) atoms. The summed E-state index contributed by atoms with van der Waals surface area (Å²) in [6.45, 7) is 1.46. The zero-order valence-electron chi connectivity index (χ0n) is 15.1. The van der Waals surface area contributed by atoms with Crippen LogP contribution >= 0.6 is 27.5 Å². The van der Waals surface area contributed by atoms with E-state index in [1.54, 1.807) is 0 Å². The summed E-state index contributed by atoms with van der Waals surface area (Å²) in [5, 5.41) is 3.55. The molecule has 0 saturated carbocycles. The van der Waals surface area contributed by atoms with E-state index >= 15 is 0 Å². The van der Waals surface area contributed by atoms with Gasteiger partial charge in [-0.15, -0.1) is 0 Å². The SMILES string of the molecule is Clc1nc(NCc2ccc(Br)cc2)c2ncn(CCCc3ccccc3)c2n1. The predicted octanol–water partition coefficient (Wildman–Crippen LogP) is 5.49. The molecule has 0 spiro atoms. The predicted molar refractivity (Wildman–Crippen MR) is 117 cm³/mol. The molecule has 0 aliphatic rings. The summed E-state index contributed by atoms with van der Waals surface area (Å²) in [4.78, 5) is 13.3. The molecule has 1 N–H and O–H groups in total. The van der Waals surface area contributed by atoms with Crippen LogP contribution in [0.15, 0.2) is 65.4 Å². The van der Waals surface area contributed by atoms with Crippen molar-refractivity contribution in [1.29, 1.82) is 0 Å². The maximum absolute atomic E-state index is 6.18. The molecular formula is C21H19BrClN5. The minimum atomic E-state index is 0.218. The zero-order chi connectivity index (χ0) is 19.3. The first-order valence-electron chi connectivity index (χ1n) is 9.09. The van der Waals surface area contributed by atoms with Crippen molar-refractivity contribution in [3.63, 3.8) is 0 Å². The smallest absolute Gasteiger partial charge is 0.226 e. The second-order valence-electron chi connectivity index (χ2n) is 6.52. The van der Waals surface area contributed by atoms with E-state index < -0.39 is 0 Å². The van der Waals surface area contributed by atoms with Gasteiger partial charge in [0, 0.05) is 17.6 Å². The first kappa shape index (κ1) is 18.9. The second kappa shape index (κ2) is 8.71. The van der Waals surface area contributed by atoms with Gasteiger partial charge in [0.05, 0.1) is 6.33 Å². The molecule has 2 aromatic carbocycles. The van der Waals surface area contributed by atoms with Gasteiger partial charge < -0.3 is 9.88 Å². The van der Waals surface area contributed by atoms with Crippen LogP contribution in [0.1, 0.15) is 17.5 Å². The van der Waals surface area contributed by atoms with Gasteiger partial charge in [-0.2, -0.15) is 9.97 Å². The topological polar surface area (TPSA) is 55.6 Å². The average molecular weight is 457 g/mol. The summed E-state index contributed by atoms with van der Waals surface area (Å²) in [5.41, 5.74) is 3.97. The molecular weight excluding hydrogens is 438 g/mol. The zero-order valence-corrected chi connectivity index (χ0v) is 17.5. The first-order valence-corrected chi connectivity index (χ1v) is 10.3. The van der Waals surface area contributed by atoms with Crippen LogP contribution in [0.4, 0.5) is 5.82 Å². The molecule has 0 fully saturated rings. The van der Waals surface area contributed by atoms with Crippen molar-refractivity contribution in [1.82, 2.24) is 19.5 Å². The van der Waals surface area contributed by atoms with Gasteiger partial charge in [-0.05, 0) is 47.7 Å². The first-order chi connectivity index (χ1) is 13.7. The number of hydrogen-bond donors (Lipinski definition) is 1. The Bertz CT molecular complexity index is 1060. The Balaban J connectivity index is 1.48. The molecule has 0 unspecified atom stereocenters. The minimum absolute atomic E-state index is 0.218. The van der Waals surface area contributed by atoms with Gasteiger partial charge in [-0.25, -0.2) is 4.98 Å². The maximum atomic E-state index is 6.18. The monoisotopic (exact) mass is 455 g/mol. The normalized spacial score (nSPS) is 11.1. The molecule has 4 aromatic rings. The highest BCUT2D eigenvalue weighted by Gasteiger charge is 2.12. The number of hydrogen-bond acceptors (Lipinski definition) is 4. The molecule has 0 bridgehead atoms. The van der Waals surface area contributed by atoms with Gasteiger partial charge >= 0.3 is 0 Å². The van der Waals surface area contributed by atoms with Gasteiger partial charge in [0.15, 0.2) is 17.0 Å². The molecule has 2 heterocycles. The Morgan fingerprint density at radius 3 is 2.54 bits per heavy atom. The molecule has 0 radical (unpaired) electrons. The van der Waals surface area contributed by atoms with E-state index in [1.165, 1.54) is 5.56 Å². The molecule has 2 aromatic heterocycles. The molecule has 0 saturated heterocycles. The number of benzene rings is 2. The Kier molecular flexibility index (Phi) is 5.88. The van der Waals surface area contributed by atoms with Crippen molar-refractivity contribution >= 4 is 44.5 Å². The summed E-state index contributed by atoms with van der Waals surface area (Å²) in [7, 11) is 0. The van der Waals surface area contributed by atoms with Crippen molar-refractivity contribution in [3.8, 4) is 0 Å². The van der Waals surface area contributed by atoms with E-state index in [2.05, 4.69) is 72.6 Å². The van der Waals surface area contributed by atoms with E-state index in [1.807, 2.05) is 29.1 Å². The summed E-state index contributed by atoms with van der Waals surface area (Å²) in [6, 6.07) is 18.6. The van der Waals surface area contributed by atoms with Crippen LogP contribution in [-0.4, -0.2) is 19.5 Å². The quantitative estimate of drug-likeness (QED) is 0.374. The van der Waals surface area contributed by atoms with Crippen LogP contribution in [0, 0.1) is 0 Å².